The van der Waals surface area contributed by atoms with Crippen molar-refractivity contribution < 1.29 is 27.2 Å². The van der Waals surface area contributed by atoms with Gasteiger partial charge in [-0.05, 0) is 5.56 Å². The summed E-state index contributed by atoms with van der Waals surface area (Å²) in [6, 6.07) is 6.54. The summed E-state index contributed by atoms with van der Waals surface area (Å²) in [5.41, 5.74) is 1.22. The van der Waals surface area contributed by atoms with Crippen LogP contribution in [0.2, 0.25) is 0 Å². The quantitative estimate of drug-likeness (QED) is 0.807. The molecule has 0 saturated heterocycles. The second-order valence-corrected chi connectivity index (χ2v) is 5.11. The Labute approximate surface area is 136 Å². The predicted octanol–water partition coefficient (Wildman–Crippen LogP) is 2.75. The lowest BCUT2D eigenvalue weighted by molar-refractivity contribution is -0.159. The molecule has 0 N–H and O–H groups in total. The van der Waals surface area contributed by atoms with Crippen molar-refractivity contribution in [2.75, 3.05) is 20.8 Å². The van der Waals surface area contributed by atoms with E-state index in [9.17, 15) is 18.0 Å². The van der Waals surface area contributed by atoms with Gasteiger partial charge >= 0.3 is 12.1 Å². The highest BCUT2D eigenvalue weighted by Gasteiger charge is 2.38. The summed E-state index contributed by atoms with van der Waals surface area (Å²) in [5, 5.41) is 3.32. The molecule has 9 heteroatoms. The maximum absolute atomic E-state index is 12.4. The lowest BCUT2D eigenvalue weighted by Crippen LogP contribution is -2.26. The van der Waals surface area contributed by atoms with Gasteiger partial charge in [0.1, 0.15) is 0 Å². The molecule has 24 heavy (non-hydrogen) atoms. The number of hydrogen-bond donors (Lipinski definition) is 0. The van der Waals surface area contributed by atoms with E-state index in [0.29, 0.717) is 18.7 Å². The lowest BCUT2D eigenvalue weighted by atomic mass is 10.1. The van der Waals surface area contributed by atoms with Gasteiger partial charge in [-0.15, -0.1) is 0 Å². The van der Waals surface area contributed by atoms with E-state index in [2.05, 4.69) is 14.7 Å². The van der Waals surface area contributed by atoms with Gasteiger partial charge < -0.3 is 14.2 Å². The standard InChI is InChI=1S/C15H16F3N3O3/c1-21(12(22)7-8-23-2)9-10-3-5-11(6-4-10)13-19-14(24-20-13)15(16,17)18/h3-6H,7-9H2,1-2H3. The lowest BCUT2D eigenvalue weighted by Gasteiger charge is -2.17. The number of alkyl halides is 3. The third-order valence-corrected chi connectivity index (χ3v) is 3.25. The van der Waals surface area contributed by atoms with Crippen LogP contribution in [0.4, 0.5) is 13.2 Å². The number of methoxy groups -OCH3 is 1. The summed E-state index contributed by atoms with van der Waals surface area (Å²) in [5.74, 6) is -1.59. The molecule has 0 radical (unpaired) electrons. The summed E-state index contributed by atoms with van der Waals surface area (Å²) in [7, 11) is 3.19. The first-order valence-corrected chi connectivity index (χ1v) is 7.04. The van der Waals surface area contributed by atoms with E-state index >= 15 is 0 Å². The van der Waals surface area contributed by atoms with Gasteiger partial charge in [0.25, 0.3) is 0 Å². The van der Waals surface area contributed by atoms with Crippen molar-refractivity contribution >= 4 is 5.91 Å². The Morgan fingerprint density at radius 2 is 1.96 bits per heavy atom. The number of nitrogens with zero attached hydrogens (tertiary/aromatic N) is 3. The summed E-state index contributed by atoms with van der Waals surface area (Å²) < 4.78 is 46.4. The first-order chi connectivity index (χ1) is 11.3. The molecule has 0 spiro atoms. The van der Waals surface area contributed by atoms with Crippen LogP contribution in [0.3, 0.4) is 0 Å². The van der Waals surface area contributed by atoms with Crippen molar-refractivity contribution in [3.05, 3.63) is 35.7 Å². The molecule has 0 atom stereocenters. The van der Waals surface area contributed by atoms with Gasteiger partial charge in [0.05, 0.1) is 13.0 Å². The summed E-state index contributed by atoms with van der Waals surface area (Å²) in [6.45, 7) is 0.727. The highest BCUT2D eigenvalue weighted by atomic mass is 19.4. The molecule has 1 amide bonds. The van der Waals surface area contributed by atoms with E-state index in [1.165, 1.54) is 7.11 Å². The fraction of sp³-hybridized carbons (Fsp3) is 0.400. The number of halogens is 3. The second-order valence-electron chi connectivity index (χ2n) is 5.11. The predicted molar refractivity (Wildman–Crippen MR) is 77.7 cm³/mol. The van der Waals surface area contributed by atoms with Crippen LogP contribution in [0.15, 0.2) is 28.8 Å². The van der Waals surface area contributed by atoms with Crippen molar-refractivity contribution in [2.45, 2.75) is 19.1 Å². The van der Waals surface area contributed by atoms with Crippen LogP contribution in [0.5, 0.6) is 0 Å². The number of aromatic nitrogens is 2. The Morgan fingerprint density at radius 3 is 2.50 bits per heavy atom. The topological polar surface area (TPSA) is 68.5 Å². The molecule has 130 valence electrons. The van der Waals surface area contributed by atoms with Gasteiger partial charge in [0.2, 0.25) is 11.7 Å². The molecule has 0 unspecified atom stereocenters. The molecule has 2 aromatic rings. The molecular formula is C15H16F3N3O3. The van der Waals surface area contributed by atoms with Gasteiger partial charge in [-0.25, -0.2) is 0 Å². The number of rotatable bonds is 6. The van der Waals surface area contributed by atoms with Gasteiger partial charge in [0, 0.05) is 26.3 Å². The van der Waals surface area contributed by atoms with Crippen LogP contribution in [-0.2, 0) is 22.3 Å². The molecule has 0 fully saturated rings. The largest absolute Gasteiger partial charge is 0.471 e. The Morgan fingerprint density at radius 1 is 1.29 bits per heavy atom. The number of carbonyl (C=O) groups is 1. The second kappa shape index (κ2) is 7.43. The van der Waals surface area contributed by atoms with Gasteiger partial charge in [0.15, 0.2) is 0 Å². The molecule has 0 saturated carbocycles. The minimum Gasteiger partial charge on any atom is -0.384 e. The molecule has 1 aromatic heterocycles. The molecule has 2 rings (SSSR count). The SMILES string of the molecule is COCCC(=O)N(C)Cc1ccc(-c2noc(C(F)(F)F)n2)cc1. The minimum atomic E-state index is -4.67. The van der Waals surface area contributed by atoms with Gasteiger partial charge in [-0.2, -0.15) is 18.2 Å². The average Bonchev–Trinajstić information content (AvgIpc) is 3.03. The zero-order chi connectivity index (χ0) is 17.7. The van der Waals surface area contributed by atoms with Crippen molar-refractivity contribution in [2.24, 2.45) is 0 Å². The van der Waals surface area contributed by atoms with E-state index in [1.54, 1.807) is 36.2 Å². The van der Waals surface area contributed by atoms with Crippen molar-refractivity contribution in [3.63, 3.8) is 0 Å². The number of benzene rings is 1. The maximum atomic E-state index is 12.4. The number of amides is 1. The van der Waals surface area contributed by atoms with Gasteiger partial charge in [-0.1, -0.05) is 29.4 Å². The van der Waals surface area contributed by atoms with E-state index in [-0.39, 0.29) is 18.2 Å². The fourth-order valence-corrected chi connectivity index (χ4v) is 1.96. The normalized spacial score (nSPS) is 11.5. The third kappa shape index (κ3) is 4.54. The summed E-state index contributed by atoms with van der Waals surface area (Å²) in [6.07, 6.45) is -4.38. The number of ether oxygens (including phenoxy) is 1. The monoisotopic (exact) mass is 343 g/mol. The molecule has 0 aliphatic heterocycles. The molecule has 6 nitrogen and oxygen atoms in total. The molecule has 0 aliphatic carbocycles. The van der Waals surface area contributed by atoms with Crippen molar-refractivity contribution in [1.29, 1.82) is 0 Å². The molecular weight excluding hydrogens is 327 g/mol. The summed E-state index contributed by atoms with van der Waals surface area (Å²) >= 11 is 0. The maximum Gasteiger partial charge on any atom is 0.471 e. The molecule has 1 heterocycles. The highest BCUT2D eigenvalue weighted by molar-refractivity contribution is 5.76. The van der Waals surface area contributed by atoms with Crippen LogP contribution in [-0.4, -0.2) is 41.7 Å². The van der Waals surface area contributed by atoms with E-state index in [0.717, 1.165) is 5.56 Å². The van der Waals surface area contributed by atoms with E-state index in [4.69, 9.17) is 4.74 Å². The smallest absolute Gasteiger partial charge is 0.384 e. The Balaban J connectivity index is 2.03. The molecule has 0 bridgehead atoms. The zero-order valence-corrected chi connectivity index (χ0v) is 13.1. The first kappa shape index (κ1) is 17.9. The zero-order valence-electron chi connectivity index (χ0n) is 13.1. The number of hydrogen-bond acceptors (Lipinski definition) is 5. The van der Waals surface area contributed by atoms with Crippen LogP contribution in [0.25, 0.3) is 11.4 Å². The molecule has 0 aliphatic rings. The number of carbonyl (C=O) groups excluding carboxylic acids is 1. The van der Waals surface area contributed by atoms with Crippen molar-refractivity contribution in [1.82, 2.24) is 15.0 Å². The Bertz CT molecular complexity index is 683. The summed E-state index contributed by atoms with van der Waals surface area (Å²) in [4.78, 5) is 16.7. The van der Waals surface area contributed by atoms with Crippen LogP contribution in [0, 0.1) is 0 Å². The molecule has 1 aromatic carbocycles. The Kier molecular flexibility index (Phi) is 5.55. The van der Waals surface area contributed by atoms with Crippen molar-refractivity contribution in [3.8, 4) is 11.4 Å². The highest BCUT2D eigenvalue weighted by Crippen LogP contribution is 2.29. The Hall–Kier alpha value is -2.42. The van der Waals surface area contributed by atoms with Crippen LogP contribution in [0.1, 0.15) is 17.9 Å². The van der Waals surface area contributed by atoms with E-state index < -0.39 is 12.1 Å². The fourth-order valence-electron chi connectivity index (χ4n) is 1.96. The minimum absolute atomic E-state index is 0.0612. The van der Waals surface area contributed by atoms with Gasteiger partial charge in [-0.3, -0.25) is 4.79 Å². The third-order valence-electron chi connectivity index (χ3n) is 3.25. The van der Waals surface area contributed by atoms with E-state index in [1.807, 2.05) is 0 Å². The average molecular weight is 343 g/mol. The van der Waals surface area contributed by atoms with Crippen LogP contribution < -0.4 is 0 Å². The first-order valence-electron chi connectivity index (χ1n) is 7.04. The van der Waals surface area contributed by atoms with Crippen LogP contribution >= 0.6 is 0 Å².